The van der Waals surface area contributed by atoms with E-state index >= 15 is 0 Å². The van der Waals surface area contributed by atoms with E-state index in [1.54, 1.807) is 24.4 Å². The quantitative estimate of drug-likeness (QED) is 0.628. The average molecular weight is 401 g/mol. The zero-order chi connectivity index (χ0) is 18.7. The van der Waals surface area contributed by atoms with Gasteiger partial charge in [-0.2, -0.15) is 0 Å². The minimum Gasteiger partial charge on any atom is -0.493 e. The molecule has 1 heterocycles. The summed E-state index contributed by atoms with van der Waals surface area (Å²) in [5, 5.41) is 3.93. The lowest BCUT2D eigenvalue weighted by Crippen LogP contribution is -2.16. The van der Waals surface area contributed by atoms with Crippen LogP contribution in [0.2, 0.25) is 0 Å². The minimum atomic E-state index is -4.72. The van der Waals surface area contributed by atoms with E-state index in [2.05, 4.69) is 15.0 Å². The highest BCUT2D eigenvalue weighted by Crippen LogP contribution is 2.35. The fourth-order valence-electron chi connectivity index (χ4n) is 2.48. The second kappa shape index (κ2) is 8.22. The Morgan fingerprint density at radius 3 is 2.15 bits per heavy atom. The number of fused-ring (bicyclic) bond motifs is 1. The Balaban J connectivity index is 0.00000261. The summed E-state index contributed by atoms with van der Waals surface area (Å²) in [7, 11) is 3.07. The molecule has 0 atom stereocenters. The molecule has 3 aromatic rings. The van der Waals surface area contributed by atoms with Crippen LogP contribution < -0.4 is 19.5 Å². The van der Waals surface area contributed by atoms with Crippen LogP contribution in [-0.4, -0.2) is 25.6 Å². The van der Waals surface area contributed by atoms with Crippen molar-refractivity contribution in [2.75, 3.05) is 19.5 Å². The summed E-state index contributed by atoms with van der Waals surface area (Å²) < 4.78 is 51.1. The van der Waals surface area contributed by atoms with Crippen LogP contribution in [-0.2, 0) is 0 Å². The Bertz CT molecular complexity index is 918. The van der Waals surface area contributed by atoms with Gasteiger partial charge >= 0.3 is 6.36 Å². The average Bonchev–Trinajstić information content (AvgIpc) is 2.61. The number of methoxy groups -OCH3 is 2. The van der Waals surface area contributed by atoms with Gasteiger partial charge in [-0.3, -0.25) is 4.98 Å². The molecule has 0 aliphatic rings. The van der Waals surface area contributed by atoms with Crippen molar-refractivity contribution in [2.45, 2.75) is 6.36 Å². The summed E-state index contributed by atoms with van der Waals surface area (Å²) in [6.07, 6.45) is -3.09. The van der Waals surface area contributed by atoms with Gasteiger partial charge in [0.05, 0.1) is 19.7 Å². The van der Waals surface area contributed by atoms with Gasteiger partial charge in [0, 0.05) is 29.0 Å². The first-order valence-corrected chi connectivity index (χ1v) is 7.53. The first-order valence-electron chi connectivity index (χ1n) is 7.53. The Hall–Kier alpha value is -2.87. The highest BCUT2D eigenvalue weighted by atomic mass is 35.5. The van der Waals surface area contributed by atoms with Gasteiger partial charge in [0.1, 0.15) is 5.75 Å². The van der Waals surface area contributed by atoms with Crippen LogP contribution in [0.15, 0.2) is 48.7 Å². The van der Waals surface area contributed by atoms with Crippen LogP contribution >= 0.6 is 12.4 Å². The van der Waals surface area contributed by atoms with Gasteiger partial charge in [0.25, 0.3) is 0 Å². The monoisotopic (exact) mass is 400 g/mol. The summed E-state index contributed by atoms with van der Waals surface area (Å²) in [6, 6.07) is 10.8. The largest absolute Gasteiger partial charge is 0.573 e. The molecular weight excluding hydrogens is 385 g/mol. The standard InChI is InChI=1S/C18H15F3N2O3.ClH/c1-24-16-9-13-14(7-8-22-15(13)10-17(16)25-2)23-11-3-5-12(6-4-11)26-18(19,20)21;/h3-10H,1-2H3,(H,22,23);1H. The fourth-order valence-corrected chi connectivity index (χ4v) is 2.48. The number of nitrogens with one attached hydrogen (secondary N) is 1. The normalized spacial score (nSPS) is 10.9. The SMILES string of the molecule is COc1cc2nccc(Nc3ccc(OC(F)(F)F)cc3)c2cc1OC.Cl. The smallest absolute Gasteiger partial charge is 0.493 e. The van der Waals surface area contributed by atoms with Gasteiger partial charge in [-0.15, -0.1) is 25.6 Å². The van der Waals surface area contributed by atoms with E-state index in [9.17, 15) is 13.2 Å². The van der Waals surface area contributed by atoms with Crippen LogP contribution in [0.1, 0.15) is 0 Å². The van der Waals surface area contributed by atoms with E-state index in [4.69, 9.17) is 9.47 Å². The molecule has 2 aromatic carbocycles. The predicted molar refractivity (Wildman–Crippen MR) is 98.5 cm³/mol. The van der Waals surface area contributed by atoms with Crippen LogP contribution in [0.4, 0.5) is 24.5 Å². The molecule has 3 rings (SSSR count). The molecule has 9 heteroatoms. The van der Waals surface area contributed by atoms with Crippen molar-refractivity contribution >= 4 is 34.7 Å². The van der Waals surface area contributed by atoms with Gasteiger partial charge < -0.3 is 19.5 Å². The third-order valence-corrected chi connectivity index (χ3v) is 3.61. The molecule has 1 aromatic heterocycles. The number of halogens is 4. The molecule has 0 amide bonds. The van der Waals surface area contributed by atoms with Crippen molar-refractivity contribution in [3.63, 3.8) is 0 Å². The Morgan fingerprint density at radius 1 is 0.926 bits per heavy atom. The summed E-state index contributed by atoms with van der Waals surface area (Å²) in [4.78, 5) is 4.30. The van der Waals surface area contributed by atoms with Crippen molar-refractivity contribution < 1.29 is 27.4 Å². The van der Waals surface area contributed by atoms with Gasteiger partial charge in [-0.05, 0) is 36.4 Å². The molecule has 0 aliphatic heterocycles. The van der Waals surface area contributed by atoms with Crippen molar-refractivity contribution in [3.8, 4) is 17.2 Å². The molecule has 5 nitrogen and oxygen atoms in total. The third-order valence-electron chi connectivity index (χ3n) is 3.61. The minimum absolute atomic E-state index is 0. The zero-order valence-electron chi connectivity index (χ0n) is 14.3. The van der Waals surface area contributed by atoms with Crippen LogP contribution in [0, 0.1) is 0 Å². The highest BCUT2D eigenvalue weighted by Gasteiger charge is 2.30. The lowest BCUT2D eigenvalue weighted by Gasteiger charge is -2.13. The van der Waals surface area contributed by atoms with E-state index in [1.807, 2.05) is 0 Å². The number of rotatable bonds is 5. The lowest BCUT2D eigenvalue weighted by molar-refractivity contribution is -0.274. The second-order valence-corrected chi connectivity index (χ2v) is 5.28. The molecule has 1 N–H and O–H groups in total. The van der Waals surface area contributed by atoms with E-state index in [0.29, 0.717) is 22.7 Å². The van der Waals surface area contributed by atoms with Gasteiger partial charge in [0.15, 0.2) is 11.5 Å². The zero-order valence-corrected chi connectivity index (χ0v) is 15.1. The molecule has 0 aliphatic carbocycles. The second-order valence-electron chi connectivity index (χ2n) is 5.28. The van der Waals surface area contributed by atoms with Gasteiger partial charge in [-0.25, -0.2) is 0 Å². The number of ether oxygens (including phenoxy) is 3. The van der Waals surface area contributed by atoms with E-state index in [-0.39, 0.29) is 18.2 Å². The Kier molecular flexibility index (Phi) is 6.22. The maximum Gasteiger partial charge on any atom is 0.573 e. The van der Waals surface area contributed by atoms with Crippen LogP contribution in [0.3, 0.4) is 0 Å². The van der Waals surface area contributed by atoms with Gasteiger partial charge in [0.2, 0.25) is 0 Å². The maximum atomic E-state index is 12.2. The van der Waals surface area contributed by atoms with E-state index in [0.717, 1.165) is 11.1 Å². The molecule has 0 fully saturated rings. The Morgan fingerprint density at radius 2 is 1.56 bits per heavy atom. The molecule has 0 radical (unpaired) electrons. The molecule has 27 heavy (non-hydrogen) atoms. The van der Waals surface area contributed by atoms with Gasteiger partial charge in [-0.1, -0.05) is 0 Å². The topological polar surface area (TPSA) is 52.6 Å². The molecule has 0 saturated carbocycles. The van der Waals surface area contributed by atoms with Crippen molar-refractivity contribution in [1.29, 1.82) is 0 Å². The summed E-state index contributed by atoms with van der Waals surface area (Å²) in [6.45, 7) is 0. The number of nitrogens with zero attached hydrogens (tertiary/aromatic N) is 1. The predicted octanol–water partition coefficient (Wildman–Crippen LogP) is 5.32. The molecular formula is C18H16ClF3N2O3. The summed E-state index contributed by atoms with van der Waals surface area (Å²) in [5.74, 6) is 0.817. The first kappa shape index (κ1) is 20.4. The van der Waals surface area contributed by atoms with Crippen LogP contribution in [0.5, 0.6) is 17.2 Å². The van der Waals surface area contributed by atoms with E-state index in [1.165, 1.54) is 38.5 Å². The molecule has 144 valence electrons. The van der Waals surface area contributed by atoms with Crippen molar-refractivity contribution in [3.05, 3.63) is 48.7 Å². The number of pyridine rings is 1. The number of hydrogen-bond donors (Lipinski definition) is 1. The number of aromatic nitrogens is 1. The molecule has 0 bridgehead atoms. The summed E-state index contributed by atoms with van der Waals surface area (Å²) in [5.41, 5.74) is 2.01. The highest BCUT2D eigenvalue weighted by molar-refractivity contribution is 5.95. The number of benzene rings is 2. The summed E-state index contributed by atoms with van der Waals surface area (Å²) >= 11 is 0. The first-order chi connectivity index (χ1) is 12.4. The number of anilines is 2. The number of alkyl halides is 3. The van der Waals surface area contributed by atoms with Crippen molar-refractivity contribution in [1.82, 2.24) is 4.98 Å². The molecule has 0 saturated heterocycles. The Labute approximate surface area is 159 Å². The lowest BCUT2D eigenvalue weighted by atomic mass is 10.1. The third kappa shape index (κ3) is 4.85. The fraction of sp³-hybridized carbons (Fsp3) is 0.167. The molecule has 0 unspecified atom stereocenters. The number of hydrogen-bond acceptors (Lipinski definition) is 5. The molecule has 0 spiro atoms. The van der Waals surface area contributed by atoms with Crippen molar-refractivity contribution in [2.24, 2.45) is 0 Å². The van der Waals surface area contributed by atoms with Crippen LogP contribution in [0.25, 0.3) is 10.9 Å². The van der Waals surface area contributed by atoms with E-state index < -0.39 is 6.36 Å². The maximum absolute atomic E-state index is 12.2.